The number of benzene rings is 2. The van der Waals surface area contributed by atoms with Crippen LogP contribution in [0.15, 0.2) is 54.7 Å². The fraction of sp³-hybridized carbons (Fsp3) is 0.269. The average Bonchev–Trinajstić information content (AvgIpc) is 3.50. The molecule has 2 aromatic carbocycles. The minimum atomic E-state index is -0.168. The summed E-state index contributed by atoms with van der Waals surface area (Å²) in [5.74, 6) is -0.168. The molecule has 8 nitrogen and oxygen atoms in total. The van der Waals surface area contributed by atoms with Crippen LogP contribution in [-0.2, 0) is 19.4 Å². The Hall–Kier alpha value is -3.87. The van der Waals surface area contributed by atoms with Gasteiger partial charge in [0.1, 0.15) is 5.69 Å². The fourth-order valence-corrected chi connectivity index (χ4v) is 5.32. The third kappa shape index (κ3) is 5.14. The van der Waals surface area contributed by atoms with Gasteiger partial charge in [0.25, 0.3) is 5.91 Å². The van der Waals surface area contributed by atoms with E-state index in [2.05, 4.69) is 45.7 Å². The Morgan fingerprint density at radius 3 is 2.86 bits per heavy atom. The lowest BCUT2D eigenvalue weighted by Crippen LogP contribution is -2.32. The number of anilines is 1. The first-order valence-electron chi connectivity index (χ1n) is 11.4. The SMILES string of the molecule is CN(C)C1CCc2nc(NC(=O)c3cccc(Cn4cc(-c5ccc(C#N)cc5)nn4)c3)sc2C1. The monoisotopic (exact) mass is 483 g/mol. The summed E-state index contributed by atoms with van der Waals surface area (Å²) in [6, 6.07) is 17.4. The molecule has 1 aliphatic rings. The number of amides is 1. The van der Waals surface area contributed by atoms with Crippen molar-refractivity contribution in [3.05, 3.63) is 82.0 Å². The quantitative estimate of drug-likeness (QED) is 0.445. The summed E-state index contributed by atoms with van der Waals surface area (Å²) in [4.78, 5) is 21.1. The zero-order valence-corrected chi connectivity index (χ0v) is 20.4. The Morgan fingerprint density at radius 1 is 1.26 bits per heavy atom. The van der Waals surface area contributed by atoms with Gasteiger partial charge in [-0.1, -0.05) is 29.5 Å². The Morgan fingerprint density at radius 2 is 2.09 bits per heavy atom. The molecule has 0 saturated heterocycles. The summed E-state index contributed by atoms with van der Waals surface area (Å²) < 4.78 is 1.74. The van der Waals surface area contributed by atoms with E-state index in [1.165, 1.54) is 4.88 Å². The minimum absolute atomic E-state index is 0.168. The first kappa shape index (κ1) is 22.9. The molecule has 1 aliphatic carbocycles. The van der Waals surface area contributed by atoms with Crippen molar-refractivity contribution >= 4 is 22.4 Å². The van der Waals surface area contributed by atoms with Crippen molar-refractivity contribution in [1.29, 1.82) is 5.26 Å². The third-order valence-corrected chi connectivity index (χ3v) is 7.28. The maximum Gasteiger partial charge on any atom is 0.257 e. The number of nitrogens with one attached hydrogen (secondary N) is 1. The van der Waals surface area contributed by atoms with E-state index >= 15 is 0 Å². The van der Waals surface area contributed by atoms with Crippen LogP contribution >= 0.6 is 11.3 Å². The van der Waals surface area contributed by atoms with E-state index in [4.69, 9.17) is 5.26 Å². The summed E-state index contributed by atoms with van der Waals surface area (Å²) in [6.45, 7) is 0.488. The van der Waals surface area contributed by atoms with Gasteiger partial charge in [0.15, 0.2) is 5.13 Å². The molecule has 1 atom stereocenters. The lowest BCUT2D eigenvalue weighted by Gasteiger charge is -2.27. The molecule has 2 heterocycles. The zero-order chi connectivity index (χ0) is 24.4. The molecule has 0 saturated carbocycles. The molecule has 35 heavy (non-hydrogen) atoms. The number of aromatic nitrogens is 4. The molecule has 0 bridgehead atoms. The number of thiazole rings is 1. The first-order chi connectivity index (χ1) is 17.0. The fourth-order valence-electron chi connectivity index (χ4n) is 4.24. The maximum absolute atomic E-state index is 12.9. The van der Waals surface area contributed by atoms with Gasteiger partial charge in [0, 0.05) is 22.0 Å². The minimum Gasteiger partial charge on any atom is -0.306 e. The molecule has 1 unspecified atom stereocenters. The van der Waals surface area contributed by atoms with Gasteiger partial charge < -0.3 is 4.90 Å². The number of fused-ring (bicyclic) bond motifs is 1. The van der Waals surface area contributed by atoms with E-state index < -0.39 is 0 Å². The molecule has 0 radical (unpaired) electrons. The van der Waals surface area contributed by atoms with Crippen molar-refractivity contribution in [1.82, 2.24) is 24.9 Å². The largest absolute Gasteiger partial charge is 0.306 e. The number of hydrogen-bond donors (Lipinski definition) is 1. The molecular formula is C26H25N7OS. The van der Waals surface area contributed by atoms with Crippen LogP contribution in [0.2, 0.25) is 0 Å². The molecule has 0 fully saturated rings. The predicted octanol–water partition coefficient (Wildman–Crippen LogP) is 3.99. The van der Waals surface area contributed by atoms with Crippen molar-refractivity contribution < 1.29 is 4.79 Å². The number of rotatable bonds is 6. The van der Waals surface area contributed by atoms with Crippen molar-refractivity contribution in [3.63, 3.8) is 0 Å². The van der Waals surface area contributed by atoms with Gasteiger partial charge in [-0.05, 0) is 63.2 Å². The molecular weight excluding hydrogens is 458 g/mol. The van der Waals surface area contributed by atoms with E-state index in [1.54, 1.807) is 34.2 Å². The summed E-state index contributed by atoms with van der Waals surface area (Å²) in [5, 5.41) is 21.1. The van der Waals surface area contributed by atoms with E-state index in [9.17, 15) is 4.79 Å². The normalized spacial score (nSPS) is 15.0. The van der Waals surface area contributed by atoms with Crippen molar-refractivity contribution in [2.24, 2.45) is 0 Å². The van der Waals surface area contributed by atoms with Crippen LogP contribution in [0.4, 0.5) is 5.13 Å². The lowest BCUT2D eigenvalue weighted by molar-refractivity contribution is 0.102. The maximum atomic E-state index is 12.9. The van der Waals surface area contributed by atoms with E-state index in [1.807, 2.05) is 36.5 Å². The van der Waals surface area contributed by atoms with Crippen LogP contribution in [0, 0.1) is 11.3 Å². The molecule has 1 N–H and O–H groups in total. The second-order valence-electron chi connectivity index (χ2n) is 8.89. The van der Waals surface area contributed by atoms with Crippen LogP contribution < -0.4 is 5.32 Å². The Balaban J connectivity index is 1.25. The molecule has 0 aliphatic heterocycles. The molecule has 176 valence electrons. The number of aryl methyl sites for hydroxylation is 1. The van der Waals surface area contributed by atoms with Crippen LogP contribution in [0.1, 0.15) is 38.5 Å². The van der Waals surface area contributed by atoms with Crippen LogP contribution in [-0.4, -0.2) is 50.9 Å². The average molecular weight is 484 g/mol. The van der Waals surface area contributed by atoms with Crippen LogP contribution in [0.5, 0.6) is 0 Å². The van der Waals surface area contributed by atoms with Crippen LogP contribution in [0.25, 0.3) is 11.3 Å². The van der Waals surface area contributed by atoms with Gasteiger partial charge in [-0.3, -0.25) is 10.1 Å². The molecule has 1 amide bonds. The number of carbonyl (C=O) groups excluding carboxylic acids is 1. The summed E-state index contributed by atoms with van der Waals surface area (Å²) in [6.07, 6.45) is 4.87. The highest BCUT2D eigenvalue weighted by Gasteiger charge is 2.24. The molecule has 9 heteroatoms. The van der Waals surface area contributed by atoms with Gasteiger partial charge in [0.2, 0.25) is 0 Å². The van der Waals surface area contributed by atoms with Crippen molar-refractivity contribution in [3.8, 4) is 17.3 Å². The van der Waals surface area contributed by atoms with E-state index in [0.717, 1.165) is 41.8 Å². The standard InChI is InChI=1S/C26H25N7OS/c1-32(2)21-10-11-22-24(13-21)35-26(28-22)29-25(34)20-5-3-4-18(12-20)15-33-16-23(30-31-33)19-8-6-17(14-27)7-9-19/h3-9,12,16,21H,10-11,13,15H2,1-2H3,(H,28,29,34). The highest BCUT2D eigenvalue weighted by molar-refractivity contribution is 7.15. The Kier molecular flexibility index (Phi) is 6.40. The van der Waals surface area contributed by atoms with Crippen molar-refractivity contribution in [2.45, 2.75) is 31.8 Å². The molecule has 0 spiro atoms. The number of nitriles is 1. The zero-order valence-electron chi connectivity index (χ0n) is 19.6. The highest BCUT2D eigenvalue weighted by atomic mass is 32.1. The topological polar surface area (TPSA) is 99.7 Å². The second kappa shape index (κ2) is 9.78. The molecule has 4 aromatic rings. The number of nitrogens with zero attached hydrogens (tertiary/aromatic N) is 6. The number of carbonyl (C=O) groups is 1. The smallest absolute Gasteiger partial charge is 0.257 e. The molecule has 5 rings (SSSR count). The van der Waals surface area contributed by atoms with Gasteiger partial charge in [0.05, 0.1) is 30.1 Å². The summed E-state index contributed by atoms with van der Waals surface area (Å²) >= 11 is 1.58. The van der Waals surface area contributed by atoms with Gasteiger partial charge in [-0.15, -0.1) is 16.4 Å². The summed E-state index contributed by atoms with van der Waals surface area (Å²) in [7, 11) is 4.22. The lowest BCUT2D eigenvalue weighted by atomic mass is 9.97. The third-order valence-electron chi connectivity index (χ3n) is 6.25. The summed E-state index contributed by atoms with van der Waals surface area (Å²) in [5.41, 5.74) is 4.86. The molecule has 2 aromatic heterocycles. The Labute approximate surface area is 207 Å². The second-order valence-corrected chi connectivity index (χ2v) is 9.98. The van der Waals surface area contributed by atoms with E-state index in [0.29, 0.717) is 28.8 Å². The van der Waals surface area contributed by atoms with Gasteiger partial charge >= 0.3 is 0 Å². The number of likely N-dealkylation sites (N-methyl/N-ethyl adjacent to an activating group) is 1. The highest BCUT2D eigenvalue weighted by Crippen LogP contribution is 2.31. The van der Waals surface area contributed by atoms with Crippen LogP contribution in [0.3, 0.4) is 0 Å². The van der Waals surface area contributed by atoms with E-state index in [-0.39, 0.29) is 5.91 Å². The van der Waals surface area contributed by atoms with Gasteiger partial charge in [-0.2, -0.15) is 5.26 Å². The van der Waals surface area contributed by atoms with Gasteiger partial charge in [-0.25, -0.2) is 9.67 Å². The Bertz CT molecular complexity index is 1400. The first-order valence-corrected chi connectivity index (χ1v) is 12.3. The predicted molar refractivity (Wildman–Crippen MR) is 135 cm³/mol. The van der Waals surface area contributed by atoms with Crippen molar-refractivity contribution in [2.75, 3.05) is 19.4 Å². The number of hydrogen-bond acceptors (Lipinski definition) is 7.